The maximum atomic E-state index is 12.3. The number of pyridine rings is 1. The van der Waals surface area contributed by atoms with Gasteiger partial charge in [0, 0.05) is 28.9 Å². The third-order valence-electron chi connectivity index (χ3n) is 4.88. The lowest BCUT2D eigenvalue weighted by Crippen LogP contribution is -2.51. The Labute approximate surface area is 174 Å². The zero-order valence-corrected chi connectivity index (χ0v) is 16.6. The molecule has 1 fully saturated rings. The van der Waals surface area contributed by atoms with Gasteiger partial charge in [0.15, 0.2) is 0 Å². The van der Waals surface area contributed by atoms with Gasteiger partial charge in [-0.05, 0) is 62.6 Å². The number of benzene rings is 1. The molecule has 1 aliphatic carbocycles. The highest BCUT2D eigenvalue weighted by molar-refractivity contribution is 5.97. The van der Waals surface area contributed by atoms with Gasteiger partial charge in [0.1, 0.15) is 11.9 Å². The van der Waals surface area contributed by atoms with E-state index in [1.165, 1.54) is 31.7 Å². The van der Waals surface area contributed by atoms with E-state index in [0.717, 1.165) is 11.4 Å². The second kappa shape index (κ2) is 9.87. The fourth-order valence-electron chi connectivity index (χ4n) is 2.86. The van der Waals surface area contributed by atoms with Crippen LogP contribution >= 0.6 is 0 Å². The van der Waals surface area contributed by atoms with Crippen molar-refractivity contribution in [3.8, 4) is 11.8 Å². The fourth-order valence-corrected chi connectivity index (χ4v) is 2.86. The molecule has 0 aliphatic heterocycles. The van der Waals surface area contributed by atoms with E-state index in [2.05, 4.69) is 27.5 Å². The first kappa shape index (κ1) is 21.3. The van der Waals surface area contributed by atoms with E-state index < -0.39 is 24.0 Å². The van der Waals surface area contributed by atoms with Crippen molar-refractivity contribution in [2.24, 2.45) is 0 Å². The molecule has 5 N–H and O–H groups in total. The summed E-state index contributed by atoms with van der Waals surface area (Å²) in [6.45, 7) is 1.34. The molecule has 1 aromatic carbocycles. The average Bonchev–Trinajstić information content (AvgIpc) is 2.73. The van der Waals surface area contributed by atoms with Gasteiger partial charge in [-0.25, -0.2) is 10.5 Å². The summed E-state index contributed by atoms with van der Waals surface area (Å²) in [5.41, 5.74) is 3.21. The summed E-state index contributed by atoms with van der Waals surface area (Å²) < 4.78 is 0. The zero-order chi connectivity index (χ0) is 21.5. The van der Waals surface area contributed by atoms with Crippen LogP contribution in [0.3, 0.4) is 0 Å². The van der Waals surface area contributed by atoms with Gasteiger partial charge in [0.05, 0.1) is 6.10 Å². The van der Waals surface area contributed by atoms with Crippen LogP contribution in [0.15, 0.2) is 42.6 Å². The minimum atomic E-state index is -1.27. The molecule has 1 aromatic heterocycles. The van der Waals surface area contributed by atoms with E-state index in [1.807, 2.05) is 12.1 Å². The topological polar surface area (TPSA) is 124 Å². The summed E-state index contributed by atoms with van der Waals surface area (Å²) in [5, 5.41) is 24.1. The molecule has 0 spiro atoms. The number of hydrogen-bond donors (Lipinski definition) is 5. The monoisotopic (exact) mass is 408 g/mol. The van der Waals surface area contributed by atoms with Gasteiger partial charge in [-0.15, -0.1) is 0 Å². The number of aromatic nitrogens is 1. The summed E-state index contributed by atoms with van der Waals surface area (Å²) in [6, 6.07) is 9.59. The molecule has 3 rings (SSSR count). The zero-order valence-electron chi connectivity index (χ0n) is 16.6. The van der Waals surface area contributed by atoms with Crippen molar-refractivity contribution in [2.45, 2.75) is 44.4 Å². The van der Waals surface area contributed by atoms with Crippen molar-refractivity contribution < 1.29 is 19.9 Å². The Morgan fingerprint density at radius 1 is 1.10 bits per heavy atom. The summed E-state index contributed by atoms with van der Waals surface area (Å²) in [7, 11) is 0. The molecular formula is C22H24N4O4. The van der Waals surface area contributed by atoms with Gasteiger partial charge in [-0.1, -0.05) is 11.8 Å². The smallest absolute Gasteiger partial charge is 0.268 e. The predicted octanol–water partition coefficient (Wildman–Crippen LogP) is 1.43. The van der Waals surface area contributed by atoms with E-state index >= 15 is 0 Å². The average molecular weight is 408 g/mol. The molecule has 0 saturated heterocycles. The van der Waals surface area contributed by atoms with Crippen LogP contribution < -0.4 is 16.1 Å². The minimum Gasteiger partial charge on any atom is -0.391 e. The van der Waals surface area contributed by atoms with Crippen LogP contribution in [0.4, 0.5) is 5.82 Å². The third kappa shape index (κ3) is 5.56. The van der Waals surface area contributed by atoms with Crippen LogP contribution in [0.5, 0.6) is 0 Å². The lowest BCUT2D eigenvalue weighted by molar-refractivity contribution is -0.133. The molecule has 156 valence electrons. The minimum absolute atomic E-state index is 0.296. The maximum Gasteiger partial charge on any atom is 0.268 e. The van der Waals surface area contributed by atoms with Crippen molar-refractivity contribution in [1.82, 2.24) is 15.8 Å². The van der Waals surface area contributed by atoms with Crippen molar-refractivity contribution in [1.29, 1.82) is 0 Å². The third-order valence-corrected chi connectivity index (χ3v) is 4.88. The van der Waals surface area contributed by atoms with Gasteiger partial charge in [-0.2, -0.15) is 0 Å². The van der Waals surface area contributed by atoms with E-state index in [-0.39, 0.29) is 0 Å². The Hall–Kier alpha value is -3.41. The molecule has 2 amide bonds. The highest BCUT2D eigenvalue weighted by atomic mass is 16.5. The SMILES string of the molecule is CC(O)C(NC(=O)c1ccc(C#Cc2ccc(NC3CCC3)nc2)cc1)C(=O)NO. The number of carbonyl (C=O) groups is 2. The van der Waals surface area contributed by atoms with Gasteiger partial charge in [0.25, 0.3) is 11.8 Å². The first-order chi connectivity index (χ1) is 14.5. The molecular weight excluding hydrogens is 384 g/mol. The van der Waals surface area contributed by atoms with Gasteiger partial charge < -0.3 is 15.7 Å². The number of rotatable bonds is 6. The van der Waals surface area contributed by atoms with Crippen LogP contribution in [0.2, 0.25) is 0 Å². The van der Waals surface area contributed by atoms with Crippen LogP contribution in [-0.4, -0.2) is 45.3 Å². The van der Waals surface area contributed by atoms with Gasteiger partial charge in [-0.3, -0.25) is 14.8 Å². The summed E-state index contributed by atoms with van der Waals surface area (Å²) in [4.78, 5) is 28.2. The van der Waals surface area contributed by atoms with Gasteiger partial charge in [0.2, 0.25) is 0 Å². The second-order valence-corrected chi connectivity index (χ2v) is 7.20. The molecule has 1 heterocycles. The molecule has 0 bridgehead atoms. The molecule has 8 nitrogen and oxygen atoms in total. The van der Waals surface area contributed by atoms with Crippen LogP contribution in [0.1, 0.15) is 47.7 Å². The van der Waals surface area contributed by atoms with Gasteiger partial charge >= 0.3 is 0 Å². The Balaban J connectivity index is 1.60. The lowest BCUT2D eigenvalue weighted by Gasteiger charge is -2.26. The Bertz CT molecular complexity index is 942. The number of aliphatic hydroxyl groups excluding tert-OH is 1. The number of hydroxylamine groups is 1. The van der Waals surface area contributed by atoms with Crippen molar-refractivity contribution in [2.75, 3.05) is 5.32 Å². The van der Waals surface area contributed by atoms with E-state index in [1.54, 1.807) is 30.5 Å². The highest BCUT2D eigenvalue weighted by Gasteiger charge is 2.25. The summed E-state index contributed by atoms with van der Waals surface area (Å²) >= 11 is 0. The number of hydrogen-bond acceptors (Lipinski definition) is 6. The van der Waals surface area contributed by atoms with E-state index in [0.29, 0.717) is 17.2 Å². The predicted molar refractivity (Wildman–Crippen MR) is 111 cm³/mol. The Morgan fingerprint density at radius 3 is 2.30 bits per heavy atom. The number of nitrogens with one attached hydrogen (secondary N) is 3. The van der Waals surface area contributed by atoms with Crippen LogP contribution in [-0.2, 0) is 4.79 Å². The molecule has 1 aliphatic rings. The van der Waals surface area contributed by atoms with Crippen LogP contribution in [0.25, 0.3) is 0 Å². The molecule has 30 heavy (non-hydrogen) atoms. The van der Waals surface area contributed by atoms with Crippen molar-refractivity contribution >= 4 is 17.6 Å². The molecule has 2 aromatic rings. The molecule has 2 unspecified atom stereocenters. The number of aliphatic hydroxyl groups is 1. The number of nitrogens with zero attached hydrogens (tertiary/aromatic N) is 1. The van der Waals surface area contributed by atoms with Crippen molar-refractivity contribution in [3.05, 3.63) is 59.3 Å². The molecule has 2 atom stereocenters. The largest absolute Gasteiger partial charge is 0.391 e. The lowest BCUT2D eigenvalue weighted by atomic mass is 9.93. The normalized spacial score (nSPS) is 15.0. The second-order valence-electron chi connectivity index (χ2n) is 7.20. The van der Waals surface area contributed by atoms with Crippen LogP contribution in [0, 0.1) is 11.8 Å². The number of carbonyl (C=O) groups excluding carboxylic acids is 2. The summed E-state index contributed by atoms with van der Waals surface area (Å²) in [5.74, 6) is 5.45. The Morgan fingerprint density at radius 2 is 1.77 bits per heavy atom. The van der Waals surface area contributed by atoms with Crippen molar-refractivity contribution in [3.63, 3.8) is 0 Å². The first-order valence-electron chi connectivity index (χ1n) is 9.74. The standard InChI is InChI=1S/C22H24N4O4/c1-14(27)20(22(29)26-30)25-21(28)17-10-7-15(8-11-17)5-6-16-9-12-19(23-13-16)24-18-3-2-4-18/h7-14,18,20,27,30H,2-4H2,1H3,(H,23,24)(H,25,28)(H,26,29). The molecule has 1 saturated carbocycles. The first-order valence-corrected chi connectivity index (χ1v) is 9.74. The van der Waals surface area contributed by atoms with E-state index in [4.69, 9.17) is 5.21 Å². The fraction of sp³-hybridized carbons (Fsp3) is 0.318. The Kier molecular flexibility index (Phi) is 7.01. The number of anilines is 1. The molecule has 8 heteroatoms. The summed E-state index contributed by atoms with van der Waals surface area (Å²) in [6.07, 6.45) is 4.19. The molecule has 0 radical (unpaired) electrons. The van der Waals surface area contributed by atoms with E-state index in [9.17, 15) is 14.7 Å². The highest BCUT2D eigenvalue weighted by Crippen LogP contribution is 2.22. The quantitative estimate of drug-likeness (QED) is 0.280. The number of amides is 2. The maximum absolute atomic E-state index is 12.3.